The fourth-order valence-corrected chi connectivity index (χ4v) is 3.21. The minimum Gasteiger partial charge on any atom is -0.367 e. The van der Waals surface area contributed by atoms with Crippen molar-refractivity contribution in [2.24, 2.45) is 0 Å². The van der Waals surface area contributed by atoms with Gasteiger partial charge in [-0.3, -0.25) is 0 Å². The summed E-state index contributed by atoms with van der Waals surface area (Å²) in [5.74, 6) is 0.956. The molecule has 0 fully saturated rings. The maximum absolute atomic E-state index is 8.75. The molecule has 0 radical (unpaired) electrons. The minimum absolute atomic E-state index is 0.393. The molecular formula is C20H23N5. The number of nitriles is 1. The van der Waals surface area contributed by atoms with Gasteiger partial charge in [-0.25, -0.2) is 9.67 Å². The zero-order valence-electron chi connectivity index (χ0n) is 15.0. The number of fused-ring (bicyclic) bond motifs is 1. The van der Waals surface area contributed by atoms with Crippen LogP contribution in [0.25, 0.3) is 11.3 Å². The van der Waals surface area contributed by atoms with Gasteiger partial charge in [-0.1, -0.05) is 25.2 Å². The third-order valence-electron chi connectivity index (χ3n) is 4.31. The van der Waals surface area contributed by atoms with Crippen molar-refractivity contribution in [3.05, 3.63) is 53.5 Å². The molecule has 3 rings (SSSR count). The van der Waals surface area contributed by atoms with E-state index in [2.05, 4.69) is 42.5 Å². The normalized spacial score (nSPS) is 16.7. The molecule has 0 spiro atoms. The molecule has 1 aliphatic heterocycles. The van der Waals surface area contributed by atoms with Gasteiger partial charge in [0.05, 0.1) is 23.9 Å². The lowest BCUT2D eigenvalue weighted by Crippen LogP contribution is -2.09. The Morgan fingerprint density at radius 3 is 3.12 bits per heavy atom. The SMILES string of the molecule is CC/C=C(\C=C/CC#N)c1cn(-c2ccnc3c2CC(C)N3)nc1C. The summed E-state index contributed by atoms with van der Waals surface area (Å²) < 4.78 is 1.95. The molecule has 3 heterocycles. The molecule has 0 aromatic carbocycles. The molecule has 1 atom stereocenters. The van der Waals surface area contributed by atoms with E-state index in [1.165, 1.54) is 5.56 Å². The molecule has 2 aromatic rings. The topological polar surface area (TPSA) is 66.5 Å². The quantitative estimate of drug-likeness (QED) is 0.833. The third kappa shape index (κ3) is 3.48. The van der Waals surface area contributed by atoms with Crippen molar-refractivity contribution in [2.75, 3.05) is 5.32 Å². The molecule has 1 N–H and O–H groups in total. The highest BCUT2D eigenvalue weighted by atomic mass is 15.3. The van der Waals surface area contributed by atoms with Gasteiger partial charge in [0, 0.05) is 29.6 Å². The first-order valence-electron chi connectivity index (χ1n) is 8.69. The van der Waals surface area contributed by atoms with Gasteiger partial charge in [0.25, 0.3) is 0 Å². The van der Waals surface area contributed by atoms with Crippen LogP contribution in [0.2, 0.25) is 0 Å². The number of aryl methyl sites for hydroxylation is 1. The summed E-state index contributed by atoms with van der Waals surface area (Å²) in [5, 5.41) is 16.9. The minimum atomic E-state index is 0.393. The molecular weight excluding hydrogens is 310 g/mol. The maximum atomic E-state index is 8.75. The van der Waals surface area contributed by atoms with Crippen LogP contribution in [0, 0.1) is 18.3 Å². The van der Waals surface area contributed by atoms with E-state index in [4.69, 9.17) is 10.4 Å². The van der Waals surface area contributed by atoms with Crippen molar-refractivity contribution < 1.29 is 0 Å². The monoisotopic (exact) mass is 333 g/mol. The number of allylic oxidation sites excluding steroid dienone is 4. The molecule has 0 aliphatic carbocycles. The molecule has 1 unspecified atom stereocenters. The number of aromatic nitrogens is 3. The fourth-order valence-electron chi connectivity index (χ4n) is 3.21. The molecule has 0 saturated heterocycles. The van der Waals surface area contributed by atoms with Gasteiger partial charge in [0.15, 0.2) is 0 Å². The van der Waals surface area contributed by atoms with E-state index in [-0.39, 0.29) is 0 Å². The lowest BCUT2D eigenvalue weighted by Gasteiger charge is -2.06. The van der Waals surface area contributed by atoms with Crippen molar-refractivity contribution in [3.63, 3.8) is 0 Å². The Balaban J connectivity index is 2.00. The number of nitrogens with one attached hydrogen (secondary N) is 1. The van der Waals surface area contributed by atoms with Crippen molar-refractivity contribution in [1.29, 1.82) is 5.26 Å². The van der Waals surface area contributed by atoms with Crippen LogP contribution < -0.4 is 5.32 Å². The molecule has 25 heavy (non-hydrogen) atoms. The van der Waals surface area contributed by atoms with E-state index in [0.717, 1.165) is 41.2 Å². The lowest BCUT2D eigenvalue weighted by atomic mass is 10.1. The van der Waals surface area contributed by atoms with Crippen molar-refractivity contribution >= 4 is 11.4 Å². The van der Waals surface area contributed by atoms with Gasteiger partial charge in [-0.15, -0.1) is 0 Å². The average molecular weight is 333 g/mol. The van der Waals surface area contributed by atoms with Crippen molar-refractivity contribution in [1.82, 2.24) is 14.8 Å². The molecule has 0 bridgehead atoms. The number of nitrogens with zero attached hydrogens (tertiary/aromatic N) is 4. The van der Waals surface area contributed by atoms with E-state index in [9.17, 15) is 0 Å². The van der Waals surface area contributed by atoms with Gasteiger partial charge in [-0.2, -0.15) is 10.4 Å². The highest BCUT2D eigenvalue weighted by Crippen LogP contribution is 2.30. The number of pyridine rings is 1. The summed E-state index contributed by atoms with van der Waals surface area (Å²) in [6.07, 6.45) is 12.3. The first-order chi connectivity index (χ1) is 12.1. The molecule has 2 aromatic heterocycles. The maximum Gasteiger partial charge on any atom is 0.131 e. The van der Waals surface area contributed by atoms with E-state index < -0.39 is 0 Å². The largest absolute Gasteiger partial charge is 0.367 e. The molecule has 0 saturated carbocycles. The first kappa shape index (κ1) is 17.0. The third-order valence-corrected chi connectivity index (χ3v) is 4.31. The Labute approximate surface area is 148 Å². The molecule has 5 nitrogen and oxygen atoms in total. The molecule has 1 aliphatic rings. The highest BCUT2D eigenvalue weighted by molar-refractivity contribution is 5.75. The highest BCUT2D eigenvalue weighted by Gasteiger charge is 2.22. The van der Waals surface area contributed by atoms with Crippen LogP contribution in [0.1, 0.15) is 43.5 Å². The Morgan fingerprint density at radius 2 is 2.36 bits per heavy atom. The Morgan fingerprint density at radius 1 is 1.52 bits per heavy atom. The van der Waals surface area contributed by atoms with Gasteiger partial charge >= 0.3 is 0 Å². The summed E-state index contributed by atoms with van der Waals surface area (Å²) in [7, 11) is 0. The fraction of sp³-hybridized carbons (Fsp3) is 0.350. The smallest absolute Gasteiger partial charge is 0.131 e. The molecule has 5 heteroatoms. The van der Waals surface area contributed by atoms with Crippen LogP contribution in [0.4, 0.5) is 5.82 Å². The Hall–Kier alpha value is -2.87. The van der Waals surface area contributed by atoms with E-state index in [0.29, 0.717) is 12.5 Å². The summed E-state index contributed by atoms with van der Waals surface area (Å²) in [5.41, 5.74) is 5.48. The van der Waals surface area contributed by atoms with Crippen LogP contribution in [-0.2, 0) is 6.42 Å². The van der Waals surface area contributed by atoms with Crippen LogP contribution >= 0.6 is 0 Å². The van der Waals surface area contributed by atoms with Crippen molar-refractivity contribution in [3.8, 4) is 11.8 Å². The van der Waals surface area contributed by atoms with Gasteiger partial charge in [0.1, 0.15) is 5.82 Å². The average Bonchev–Trinajstić information content (AvgIpc) is 3.15. The summed E-state index contributed by atoms with van der Waals surface area (Å²) in [6, 6.07) is 4.56. The lowest BCUT2D eigenvalue weighted by molar-refractivity contribution is 0.812. The van der Waals surface area contributed by atoms with E-state index in [1.54, 1.807) is 0 Å². The Kier molecular flexibility index (Phi) is 4.99. The van der Waals surface area contributed by atoms with Crippen LogP contribution in [-0.4, -0.2) is 20.8 Å². The first-order valence-corrected chi connectivity index (χ1v) is 8.69. The predicted molar refractivity (Wildman–Crippen MR) is 101 cm³/mol. The van der Waals surface area contributed by atoms with E-state index >= 15 is 0 Å². The van der Waals surface area contributed by atoms with Crippen LogP contribution in [0.3, 0.4) is 0 Å². The summed E-state index contributed by atoms with van der Waals surface area (Å²) in [4.78, 5) is 4.43. The number of anilines is 1. The molecule has 0 amide bonds. The summed E-state index contributed by atoms with van der Waals surface area (Å²) in [6.45, 7) is 6.30. The Bertz CT molecular complexity index is 867. The van der Waals surface area contributed by atoms with Gasteiger partial charge in [-0.05, 0) is 38.3 Å². The second-order valence-electron chi connectivity index (χ2n) is 6.31. The predicted octanol–water partition coefficient (Wildman–Crippen LogP) is 4.20. The van der Waals surface area contributed by atoms with Crippen LogP contribution in [0.5, 0.6) is 0 Å². The number of rotatable bonds is 5. The standard InChI is InChI=1S/C20H23N5/c1-4-7-16(8-5-6-10-21)18-13-25(24-15(18)3)19-9-11-22-20-17(19)12-14(2)23-20/h5,7-9,11,13-14H,4,6,12H2,1-3H3,(H,22,23)/b8-5-,16-7+. The van der Waals surface area contributed by atoms with Crippen LogP contribution in [0.15, 0.2) is 36.7 Å². The number of hydrogen-bond donors (Lipinski definition) is 1. The van der Waals surface area contributed by atoms with Gasteiger partial charge in [0.2, 0.25) is 0 Å². The second kappa shape index (κ2) is 7.35. The number of hydrogen-bond acceptors (Lipinski definition) is 4. The van der Waals surface area contributed by atoms with Crippen molar-refractivity contribution in [2.45, 2.75) is 46.1 Å². The summed E-state index contributed by atoms with van der Waals surface area (Å²) >= 11 is 0. The zero-order chi connectivity index (χ0) is 17.8. The van der Waals surface area contributed by atoms with E-state index in [1.807, 2.05) is 36.0 Å². The molecule has 128 valence electrons. The second-order valence-corrected chi connectivity index (χ2v) is 6.31. The van der Waals surface area contributed by atoms with Gasteiger partial charge < -0.3 is 5.32 Å². The zero-order valence-corrected chi connectivity index (χ0v) is 15.0.